The van der Waals surface area contributed by atoms with Gasteiger partial charge in [0.1, 0.15) is 4.60 Å². The number of carbonyl (C=O) groups excluding carboxylic acids is 1. The second-order valence-corrected chi connectivity index (χ2v) is 10.3. The summed E-state index contributed by atoms with van der Waals surface area (Å²) in [4.78, 5) is 26.2. The van der Waals surface area contributed by atoms with Crippen LogP contribution in [0.25, 0.3) is 27.6 Å². The lowest BCUT2D eigenvalue weighted by Crippen LogP contribution is -2.35. The number of carbonyl (C=O) groups is 1. The van der Waals surface area contributed by atoms with Gasteiger partial charge in [0.2, 0.25) is 11.9 Å². The van der Waals surface area contributed by atoms with Gasteiger partial charge in [-0.1, -0.05) is 19.9 Å². The van der Waals surface area contributed by atoms with Crippen LogP contribution in [0.4, 0.5) is 5.95 Å². The van der Waals surface area contributed by atoms with Crippen molar-refractivity contribution >= 4 is 49.7 Å². The van der Waals surface area contributed by atoms with Crippen molar-refractivity contribution in [3.63, 3.8) is 0 Å². The summed E-state index contributed by atoms with van der Waals surface area (Å²) < 4.78 is 2.44. The maximum Gasteiger partial charge on any atom is 0.225 e. The van der Waals surface area contributed by atoms with E-state index in [-0.39, 0.29) is 29.9 Å². The maximum absolute atomic E-state index is 12.3. The van der Waals surface area contributed by atoms with Crippen LogP contribution in [0, 0.1) is 5.41 Å². The molecule has 3 N–H and O–H groups in total. The van der Waals surface area contributed by atoms with E-state index in [4.69, 9.17) is 10.1 Å². The van der Waals surface area contributed by atoms with E-state index in [1.54, 1.807) is 24.1 Å². The Morgan fingerprint density at radius 1 is 1.37 bits per heavy atom. The average Bonchev–Trinajstić information content (AvgIpc) is 3.42. The quantitative estimate of drug-likeness (QED) is 0.341. The van der Waals surface area contributed by atoms with Gasteiger partial charge in [-0.05, 0) is 59.0 Å². The molecule has 10 heteroatoms. The van der Waals surface area contributed by atoms with Gasteiger partial charge in [-0.15, -0.1) is 0 Å². The zero-order valence-electron chi connectivity index (χ0n) is 19.9. The number of aromatic nitrogens is 5. The van der Waals surface area contributed by atoms with E-state index >= 15 is 0 Å². The van der Waals surface area contributed by atoms with Crippen LogP contribution in [0.15, 0.2) is 41.3 Å². The molecule has 4 aromatic rings. The fraction of sp³-hybridized carbons (Fsp3) is 0.400. The smallest absolute Gasteiger partial charge is 0.225 e. The molecule has 1 amide bonds. The van der Waals surface area contributed by atoms with Gasteiger partial charge in [-0.25, -0.2) is 9.67 Å². The lowest BCUT2D eigenvalue weighted by atomic mass is 9.87. The van der Waals surface area contributed by atoms with E-state index in [1.165, 1.54) is 0 Å². The third-order valence-electron chi connectivity index (χ3n) is 7.00. The van der Waals surface area contributed by atoms with Gasteiger partial charge in [-0.2, -0.15) is 10.1 Å². The molecule has 0 saturated heterocycles. The highest BCUT2D eigenvalue weighted by Gasteiger charge is 2.41. The highest BCUT2D eigenvalue weighted by atomic mass is 79.9. The minimum atomic E-state index is -0.389. The molecule has 1 aliphatic rings. The maximum atomic E-state index is 12.3. The molecule has 182 valence electrons. The van der Waals surface area contributed by atoms with Crippen molar-refractivity contribution in [3.8, 4) is 5.69 Å². The summed E-state index contributed by atoms with van der Waals surface area (Å²) in [7, 11) is 1.68. The molecule has 3 heterocycles. The Balaban J connectivity index is 1.53. The number of aliphatic hydroxyl groups is 1. The third kappa shape index (κ3) is 4.25. The van der Waals surface area contributed by atoms with Crippen LogP contribution in [0.5, 0.6) is 0 Å². The highest BCUT2D eigenvalue weighted by molar-refractivity contribution is 9.10. The minimum absolute atomic E-state index is 0.0191. The van der Waals surface area contributed by atoms with Crippen molar-refractivity contribution < 1.29 is 9.90 Å². The standard InChI is InChI=1S/C25H28BrN7O2/c1-14(13-34)18-10-17(9-15-5-4-8-28-20(15)18)33-22-19(21(26)32-33)12-29-24(31-22)30-16-6-7-25(2,11-16)23(35)27-3/h4-5,8-10,12,14,16,34H,6-7,11,13H2,1-3H3,(H,27,35)(H,29,30,31)/t14-,16-,25-/m1/s1. The number of nitrogens with one attached hydrogen (secondary N) is 2. The fourth-order valence-corrected chi connectivity index (χ4v) is 5.41. The Morgan fingerprint density at radius 3 is 2.97 bits per heavy atom. The number of anilines is 1. The largest absolute Gasteiger partial charge is 0.396 e. The lowest BCUT2D eigenvalue weighted by Gasteiger charge is -2.22. The molecule has 0 aliphatic heterocycles. The lowest BCUT2D eigenvalue weighted by molar-refractivity contribution is -0.129. The van der Waals surface area contributed by atoms with Gasteiger partial charge in [0.25, 0.3) is 0 Å². The molecule has 1 saturated carbocycles. The van der Waals surface area contributed by atoms with Gasteiger partial charge in [0, 0.05) is 48.8 Å². The Bertz CT molecular complexity index is 1420. The summed E-state index contributed by atoms with van der Waals surface area (Å²) in [5.74, 6) is 0.490. The van der Waals surface area contributed by atoms with Crippen LogP contribution in [0.3, 0.4) is 0 Å². The molecule has 1 aliphatic carbocycles. The number of fused-ring (bicyclic) bond motifs is 2. The van der Waals surface area contributed by atoms with Gasteiger partial charge in [-0.3, -0.25) is 9.78 Å². The van der Waals surface area contributed by atoms with E-state index < -0.39 is 0 Å². The monoisotopic (exact) mass is 537 g/mol. The molecule has 3 atom stereocenters. The summed E-state index contributed by atoms with van der Waals surface area (Å²) in [5, 5.41) is 22.5. The number of rotatable bonds is 6. The molecular weight excluding hydrogens is 510 g/mol. The first-order valence-electron chi connectivity index (χ1n) is 11.7. The number of nitrogens with zero attached hydrogens (tertiary/aromatic N) is 5. The second-order valence-electron chi connectivity index (χ2n) is 9.55. The Labute approximate surface area is 211 Å². The molecule has 35 heavy (non-hydrogen) atoms. The van der Waals surface area contributed by atoms with Crippen molar-refractivity contribution in [2.75, 3.05) is 19.0 Å². The van der Waals surface area contributed by atoms with E-state index in [2.05, 4.69) is 36.5 Å². The number of halogens is 1. The molecule has 3 aromatic heterocycles. The molecule has 0 unspecified atom stereocenters. The number of hydrogen-bond donors (Lipinski definition) is 3. The Kier molecular flexibility index (Phi) is 6.18. The number of benzene rings is 1. The topological polar surface area (TPSA) is 118 Å². The first-order valence-corrected chi connectivity index (χ1v) is 12.5. The zero-order chi connectivity index (χ0) is 24.7. The number of pyridine rings is 1. The second kappa shape index (κ2) is 9.16. The minimum Gasteiger partial charge on any atom is -0.396 e. The average molecular weight is 538 g/mol. The van der Waals surface area contributed by atoms with Crippen LogP contribution < -0.4 is 10.6 Å². The van der Waals surface area contributed by atoms with Crippen LogP contribution >= 0.6 is 15.9 Å². The van der Waals surface area contributed by atoms with Crippen LogP contribution in [0.1, 0.15) is 44.6 Å². The van der Waals surface area contributed by atoms with Crippen molar-refractivity contribution in [1.82, 2.24) is 30.0 Å². The molecule has 5 rings (SSSR count). The Hall–Kier alpha value is -3.11. The number of hydrogen-bond acceptors (Lipinski definition) is 7. The van der Waals surface area contributed by atoms with Crippen molar-refractivity contribution in [2.24, 2.45) is 5.41 Å². The predicted octanol–water partition coefficient (Wildman–Crippen LogP) is 3.94. The SMILES string of the molecule is CNC(=O)[C@]1(C)CC[C@@H](Nc2ncc3c(Br)nn(-c4cc([C@H](C)CO)c5ncccc5c4)c3n2)C1. The fourth-order valence-electron chi connectivity index (χ4n) is 4.97. The summed E-state index contributed by atoms with van der Waals surface area (Å²) >= 11 is 3.55. The first kappa shape index (κ1) is 23.6. The summed E-state index contributed by atoms with van der Waals surface area (Å²) in [5.41, 5.74) is 2.92. The highest BCUT2D eigenvalue weighted by Crippen LogP contribution is 2.39. The molecule has 0 bridgehead atoms. The van der Waals surface area contributed by atoms with Gasteiger partial charge in [0.05, 0.1) is 16.6 Å². The first-order chi connectivity index (χ1) is 16.8. The van der Waals surface area contributed by atoms with Gasteiger partial charge >= 0.3 is 0 Å². The van der Waals surface area contributed by atoms with Crippen molar-refractivity contribution in [2.45, 2.75) is 45.1 Å². The van der Waals surface area contributed by atoms with Gasteiger partial charge in [0.15, 0.2) is 5.65 Å². The molecule has 9 nitrogen and oxygen atoms in total. The van der Waals surface area contributed by atoms with Crippen LogP contribution in [0.2, 0.25) is 0 Å². The van der Waals surface area contributed by atoms with Crippen LogP contribution in [-0.4, -0.2) is 55.4 Å². The number of aliphatic hydroxyl groups excluding tert-OH is 1. The molecule has 1 fully saturated rings. The van der Waals surface area contributed by atoms with E-state index in [9.17, 15) is 9.90 Å². The van der Waals surface area contributed by atoms with Gasteiger partial charge < -0.3 is 15.7 Å². The molecule has 0 spiro atoms. The van der Waals surface area contributed by atoms with E-state index in [1.807, 2.05) is 38.1 Å². The van der Waals surface area contributed by atoms with Crippen molar-refractivity contribution in [1.29, 1.82) is 0 Å². The summed E-state index contributed by atoms with van der Waals surface area (Å²) in [6.45, 7) is 4.00. The Morgan fingerprint density at radius 2 is 2.20 bits per heavy atom. The normalized spacial score (nSPS) is 20.9. The van der Waals surface area contributed by atoms with Crippen molar-refractivity contribution in [3.05, 3.63) is 46.8 Å². The molecule has 1 aromatic carbocycles. The number of amides is 1. The zero-order valence-corrected chi connectivity index (χ0v) is 21.5. The molecule has 0 radical (unpaired) electrons. The predicted molar refractivity (Wildman–Crippen MR) is 139 cm³/mol. The van der Waals surface area contributed by atoms with E-state index in [0.717, 1.165) is 46.8 Å². The summed E-state index contributed by atoms with van der Waals surface area (Å²) in [6.07, 6.45) is 5.92. The van der Waals surface area contributed by atoms with Crippen LogP contribution in [-0.2, 0) is 4.79 Å². The van der Waals surface area contributed by atoms with E-state index in [0.29, 0.717) is 16.2 Å². The third-order valence-corrected chi connectivity index (χ3v) is 7.58. The summed E-state index contributed by atoms with van der Waals surface area (Å²) in [6, 6.07) is 8.05. The molecular formula is C25H28BrN7O2.